The molecule has 1 fully saturated rings. The van der Waals surface area contributed by atoms with Gasteiger partial charge in [0.05, 0.1) is 0 Å². The Morgan fingerprint density at radius 3 is 2.45 bits per heavy atom. The summed E-state index contributed by atoms with van der Waals surface area (Å²) in [4.78, 5) is 0. The van der Waals surface area contributed by atoms with E-state index in [0.717, 1.165) is 16.1 Å². The van der Waals surface area contributed by atoms with Crippen molar-refractivity contribution in [3.05, 3.63) is 36.0 Å². The van der Waals surface area contributed by atoms with E-state index in [-0.39, 0.29) is 0 Å². The van der Waals surface area contributed by atoms with Crippen molar-refractivity contribution in [2.24, 2.45) is 22.7 Å². The molecule has 3 aliphatic carbocycles. The second-order valence-corrected chi connectivity index (χ2v) is 12.7. The molecule has 4 atom stereocenters. The van der Waals surface area contributed by atoms with E-state index < -0.39 is 17.9 Å². The maximum atomic E-state index is 2.59. The third-order valence-corrected chi connectivity index (χ3v) is 9.68. The van der Waals surface area contributed by atoms with Crippen LogP contribution in [0, 0.1) is 22.7 Å². The molecule has 0 radical (unpaired) electrons. The predicted molar refractivity (Wildman–Crippen MR) is 84.6 cm³/mol. The summed E-state index contributed by atoms with van der Waals surface area (Å²) < 4.78 is 1.06. The van der Waals surface area contributed by atoms with Gasteiger partial charge in [-0.3, -0.25) is 0 Å². The van der Waals surface area contributed by atoms with Gasteiger partial charge in [-0.15, -0.1) is 0 Å². The van der Waals surface area contributed by atoms with Gasteiger partial charge in [0.15, 0.2) is 0 Å². The van der Waals surface area contributed by atoms with Crippen molar-refractivity contribution >= 4 is 0 Å². The van der Waals surface area contributed by atoms with Crippen molar-refractivity contribution in [1.29, 1.82) is 0 Å². The van der Waals surface area contributed by atoms with Gasteiger partial charge in [-0.05, 0) is 0 Å². The van der Waals surface area contributed by atoms with Crippen LogP contribution in [-0.2, 0) is 17.9 Å². The summed E-state index contributed by atoms with van der Waals surface area (Å²) in [6, 6.07) is 0. The Balaban J connectivity index is 2.01. The second-order valence-electron chi connectivity index (χ2n) is 8.16. The van der Waals surface area contributed by atoms with Gasteiger partial charge >= 0.3 is 131 Å². The molecule has 0 aromatic heterocycles. The third kappa shape index (κ3) is 2.15. The van der Waals surface area contributed by atoms with E-state index in [2.05, 4.69) is 61.6 Å². The predicted octanol–water partition coefficient (Wildman–Crippen LogP) is 6.00. The fraction of sp³-hybridized carbons (Fsp3) is 0.684. The van der Waals surface area contributed by atoms with Gasteiger partial charge in [0.2, 0.25) is 0 Å². The maximum absolute atomic E-state index is 2.59. The number of hydrogen-bond donors (Lipinski definition) is 0. The number of rotatable bonds is 2. The summed E-state index contributed by atoms with van der Waals surface area (Å²) in [5, 5.41) is 5.18. The van der Waals surface area contributed by atoms with E-state index in [4.69, 9.17) is 0 Å². The van der Waals surface area contributed by atoms with Crippen LogP contribution < -0.4 is 0 Å². The fourth-order valence-corrected chi connectivity index (χ4v) is 8.49. The first kappa shape index (κ1) is 14.9. The van der Waals surface area contributed by atoms with E-state index >= 15 is 0 Å². The van der Waals surface area contributed by atoms with Crippen molar-refractivity contribution in [1.82, 2.24) is 0 Å². The summed E-state index contributed by atoms with van der Waals surface area (Å²) in [6.45, 7) is 7.49. The molecule has 3 aliphatic rings. The van der Waals surface area contributed by atoms with Crippen LogP contribution in [-0.4, -0.2) is 0 Å². The fourth-order valence-electron chi connectivity index (χ4n) is 5.17. The van der Waals surface area contributed by atoms with Crippen LogP contribution >= 0.6 is 0 Å². The molecular formula is C19H29Ti. The topological polar surface area (TPSA) is 0 Å². The van der Waals surface area contributed by atoms with Crippen molar-refractivity contribution in [3.63, 3.8) is 0 Å². The van der Waals surface area contributed by atoms with Gasteiger partial charge in [0, 0.05) is 0 Å². The molecule has 0 spiro atoms. The van der Waals surface area contributed by atoms with Crippen LogP contribution in [0.25, 0.3) is 0 Å². The van der Waals surface area contributed by atoms with Crippen LogP contribution in [0.15, 0.2) is 36.0 Å². The number of hydrogen-bond acceptors (Lipinski definition) is 0. The van der Waals surface area contributed by atoms with Gasteiger partial charge in [-0.1, -0.05) is 0 Å². The molecule has 0 aliphatic heterocycles. The molecule has 0 heterocycles. The normalized spacial score (nSPS) is 41.6. The molecule has 0 bridgehead atoms. The summed E-state index contributed by atoms with van der Waals surface area (Å²) in [5.41, 5.74) is 2.39. The van der Waals surface area contributed by atoms with Crippen LogP contribution in [0.4, 0.5) is 0 Å². The zero-order valence-corrected chi connectivity index (χ0v) is 15.3. The molecule has 0 N–H and O–H groups in total. The zero-order chi connectivity index (χ0) is 14.5. The van der Waals surface area contributed by atoms with E-state index in [1.807, 2.05) is 0 Å². The molecule has 0 amide bonds. The van der Waals surface area contributed by atoms with E-state index in [1.165, 1.54) is 19.3 Å². The summed E-state index contributed by atoms with van der Waals surface area (Å²) >= 11 is -0.835. The van der Waals surface area contributed by atoms with Gasteiger partial charge in [0.25, 0.3) is 0 Å². The molecule has 109 valence electrons. The Morgan fingerprint density at radius 2 is 1.85 bits per heavy atom. The van der Waals surface area contributed by atoms with Gasteiger partial charge in [-0.25, -0.2) is 0 Å². The molecule has 0 aromatic carbocycles. The van der Waals surface area contributed by atoms with Crippen LogP contribution in [0.3, 0.4) is 0 Å². The Labute approximate surface area is 131 Å². The van der Waals surface area contributed by atoms with Gasteiger partial charge in [-0.2, -0.15) is 0 Å². The van der Waals surface area contributed by atoms with Crippen molar-refractivity contribution in [3.8, 4) is 0 Å². The average molecular weight is 305 g/mol. The quantitative estimate of drug-likeness (QED) is 0.433. The third-order valence-electron chi connectivity index (χ3n) is 6.35. The molecule has 1 saturated carbocycles. The van der Waals surface area contributed by atoms with Crippen molar-refractivity contribution in [2.75, 3.05) is 0 Å². The molecule has 0 saturated heterocycles. The summed E-state index contributed by atoms with van der Waals surface area (Å²) in [7, 11) is 0. The first-order valence-electron chi connectivity index (χ1n) is 8.23. The molecule has 0 aromatic rings. The van der Waals surface area contributed by atoms with Crippen LogP contribution in [0.5, 0.6) is 0 Å². The monoisotopic (exact) mass is 305 g/mol. The molecular weight excluding hydrogens is 276 g/mol. The van der Waals surface area contributed by atoms with E-state index in [1.54, 1.807) is 5.57 Å². The van der Waals surface area contributed by atoms with Crippen molar-refractivity contribution < 1.29 is 17.9 Å². The van der Waals surface area contributed by atoms with Gasteiger partial charge in [0.1, 0.15) is 0 Å². The number of allylic oxidation sites excluding steroid dienone is 6. The van der Waals surface area contributed by atoms with Crippen molar-refractivity contribution in [2.45, 2.75) is 54.7 Å². The van der Waals surface area contributed by atoms with E-state index in [0.29, 0.717) is 10.8 Å². The van der Waals surface area contributed by atoms with E-state index in [9.17, 15) is 0 Å². The second kappa shape index (κ2) is 4.99. The molecule has 0 nitrogen and oxygen atoms in total. The Morgan fingerprint density at radius 1 is 1.10 bits per heavy atom. The standard InChI is InChI=1S/C17H23.2CH3.Ti/c1-16(2)11-12-17(3,13-7-4-5-8-13)15-10-6-9-14(15)16;;;/h4-5,7,9,11-12,14-15H,6,8,10H2,1-3H3;2*1H3;. The molecule has 4 unspecified atom stereocenters. The Kier molecular flexibility index (Phi) is 3.71. The minimum atomic E-state index is -0.835. The summed E-state index contributed by atoms with van der Waals surface area (Å²) in [5.74, 6) is 1.80. The number of fused-ring (bicyclic) bond motifs is 1. The first-order chi connectivity index (χ1) is 9.36. The SMILES string of the molecule is [CH3][Ti]([CH3])[CH]1CCC2C1C(C)(C)C=CC2(C)C1=CC=CC1. The van der Waals surface area contributed by atoms with Gasteiger partial charge < -0.3 is 0 Å². The summed E-state index contributed by atoms with van der Waals surface area (Å²) in [6.07, 6.45) is 16.2. The Bertz CT molecular complexity index is 480. The van der Waals surface area contributed by atoms with Crippen LogP contribution in [0.2, 0.25) is 14.7 Å². The molecule has 3 rings (SSSR count). The average Bonchev–Trinajstić information content (AvgIpc) is 3.03. The zero-order valence-electron chi connectivity index (χ0n) is 13.7. The minimum absolute atomic E-state index is 0.326. The molecule has 1 heteroatoms. The first-order valence-corrected chi connectivity index (χ1v) is 12.3. The van der Waals surface area contributed by atoms with Crippen LogP contribution in [0.1, 0.15) is 40.0 Å². The Hall–Kier alpha value is -0.0657. The molecule has 20 heavy (non-hydrogen) atoms.